The Hall–Kier alpha value is -1.51. The number of piperidine rings is 1. The number of hydrogen-bond donors (Lipinski definition) is 2. The molecule has 4 rings (SSSR count). The molecule has 0 bridgehead atoms. The van der Waals surface area contributed by atoms with Crippen LogP contribution in [-0.2, 0) is 10.2 Å². The predicted octanol–water partition coefficient (Wildman–Crippen LogP) is 3.46. The van der Waals surface area contributed by atoms with Gasteiger partial charge in [-0.1, -0.05) is 30.3 Å². The van der Waals surface area contributed by atoms with E-state index in [4.69, 9.17) is 0 Å². The van der Waals surface area contributed by atoms with E-state index in [1.165, 1.54) is 4.31 Å². The second kappa shape index (κ2) is 10.5. The Labute approximate surface area is 185 Å². The second-order valence-electron chi connectivity index (χ2n) is 7.00. The summed E-state index contributed by atoms with van der Waals surface area (Å²) < 4.78 is 29.5. The second-order valence-corrected chi connectivity index (χ2v) is 8.70. The van der Waals surface area contributed by atoms with Gasteiger partial charge in [-0.05, 0) is 63.2 Å². The van der Waals surface area contributed by atoms with Crippen molar-refractivity contribution in [1.82, 2.24) is 10.6 Å². The Balaban J connectivity index is 0.00000150. The number of nitrogens with one attached hydrogen (secondary N) is 2. The van der Waals surface area contributed by atoms with Crippen molar-refractivity contribution in [2.45, 2.75) is 25.3 Å². The molecule has 160 valence electrons. The molecule has 2 heterocycles. The molecule has 0 aromatic heterocycles. The van der Waals surface area contributed by atoms with E-state index in [9.17, 15) is 8.42 Å². The van der Waals surface area contributed by atoms with Crippen molar-refractivity contribution >= 4 is 52.1 Å². The number of fused-ring (bicyclic) bond motifs is 1. The highest BCUT2D eigenvalue weighted by atomic mass is 35.5. The standard InChI is InChI=1S/C20H26N4O2S.2ClH/c25-27(26)23(16-6-13-22-17-11-14-21-15-12-17)19-9-4-5-10-20(19)24(27)18-7-2-1-3-8-18;;/h1-5,7-10,17,21-22H,6,11-16H2;2*1H. The zero-order chi connectivity index (χ0) is 18.7. The number of rotatable bonds is 6. The van der Waals surface area contributed by atoms with Crippen LogP contribution in [0.3, 0.4) is 0 Å². The summed E-state index contributed by atoms with van der Waals surface area (Å²) in [6, 6.07) is 17.3. The zero-order valence-corrected chi connectivity index (χ0v) is 18.6. The largest absolute Gasteiger partial charge is 0.330 e. The van der Waals surface area contributed by atoms with Crippen LogP contribution in [0.5, 0.6) is 0 Å². The average molecular weight is 459 g/mol. The number of nitrogens with zero attached hydrogens (tertiary/aromatic N) is 2. The van der Waals surface area contributed by atoms with Crippen molar-refractivity contribution in [1.29, 1.82) is 0 Å². The van der Waals surface area contributed by atoms with Crippen molar-refractivity contribution in [2.75, 3.05) is 34.8 Å². The van der Waals surface area contributed by atoms with Crippen molar-refractivity contribution in [2.24, 2.45) is 0 Å². The minimum Gasteiger partial charge on any atom is -0.317 e. The van der Waals surface area contributed by atoms with Gasteiger partial charge >= 0.3 is 10.2 Å². The molecule has 0 saturated carbocycles. The Morgan fingerprint density at radius 2 is 1.55 bits per heavy atom. The van der Waals surface area contributed by atoms with E-state index in [0.29, 0.717) is 18.3 Å². The molecule has 1 saturated heterocycles. The SMILES string of the molecule is Cl.Cl.O=S1(=O)N(CCCNC2CCNCC2)c2ccccc2N1c1ccccc1. The molecule has 2 aromatic carbocycles. The lowest BCUT2D eigenvalue weighted by atomic mass is 10.1. The summed E-state index contributed by atoms with van der Waals surface area (Å²) in [5.41, 5.74) is 2.14. The molecular weight excluding hydrogens is 431 g/mol. The number of anilines is 3. The molecule has 0 amide bonds. The third-order valence-corrected chi connectivity index (χ3v) is 6.98. The van der Waals surface area contributed by atoms with Gasteiger partial charge in [0.15, 0.2) is 0 Å². The number of para-hydroxylation sites is 3. The lowest BCUT2D eigenvalue weighted by Gasteiger charge is -2.25. The van der Waals surface area contributed by atoms with Crippen molar-refractivity contribution in [3.63, 3.8) is 0 Å². The highest BCUT2D eigenvalue weighted by molar-refractivity contribution is 7.95. The molecule has 0 radical (unpaired) electrons. The normalized spacial score (nSPS) is 17.9. The molecule has 0 spiro atoms. The Kier molecular flexibility index (Phi) is 8.60. The molecule has 2 aromatic rings. The van der Waals surface area contributed by atoms with Gasteiger partial charge in [0, 0.05) is 12.6 Å². The van der Waals surface area contributed by atoms with Gasteiger partial charge in [-0.25, -0.2) is 4.31 Å². The molecule has 0 unspecified atom stereocenters. The van der Waals surface area contributed by atoms with Crippen LogP contribution >= 0.6 is 24.8 Å². The minimum absolute atomic E-state index is 0. The number of halogens is 2. The van der Waals surface area contributed by atoms with Gasteiger partial charge < -0.3 is 10.6 Å². The third kappa shape index (κ3) is 4.98. The monoisotopic (exact) mass is 458 g/mol. The predicted molar refractivity (Wildman–Crippen MR) is 124 cm³/mol. The number of benzene rings is 2. The topological polar surface area (TPSA) is 64.7 Å². The zero-order valence-electron chi connectivity index (χ0n) is 16.2. The van der Waals surface area contributed by atoms with Crippen molar-refractivity contribution in [3.05, 3.63) is 54.6 Å². The molecule has 9 heteroatoms. The fraction of sp³-hybridized carbons (Fsp3) is 0.400. The van der Waals surface area contributed by atoms with E-state index < -0.39 is 10.2 Å². The molecule has 6 nitrogen and oxygen atoms in total. The van der Waals surface area contributed by atoms with E-state index in [1.807, 2.05) is 54.6 Å². The number of hydrogen-bond acceptors (Lipinski definition) is 4. The molecule has 2 aliphatic rings. The highest BCUT2D eigenvalue weighted by Gasteiger charge is 2.40. The van der Waals surface area contributed by atoms with E-state index in [-0.39, 0.29) is 24.8 Å². The first-order chi connectivity index (χ1) is 13.2. The summed E-state index contributed by atoms with van der Waals surface area (Å²) >= 11 is 0. The lowest BCUT2D eigenvalue weighted by molar-refractivity contribution is 0.387. The molecule has 1 fully saturated rings. The quantitative estimate of drug-likeness (QED) is 0.650. The van der Waals surface area contributed by atoms with Gasteiger partial charge in [-0.2, -0.15) is 8.42 Å². The Morgan fingerprint density at radius 3 is 2.24 bits per heavy atom. The first-order valence-corrected chi connectivity index (χ1v) is 11.0. The van der Waals surface area contributed by atoms with Crippen LogP contribution in [0.4, 0.5) is 17.1 Å². The molecule has 29 heavy (non-hydrogen) atoms. The molecule has 0 aliphatic carbocycles. The third-order valence-electron chi connectivity index (χ3n) is 5.18. The molecule has 2 aliphatic heterocycles. The lowest BCUT2D eigenvalue weighted by Crippen LogP contribution is -2.41. The van der Waals surface area contributed by atoms with Crippen LogP contribution in [0.15, 0.2) is 54.6 Å². The molecule has 0 atom stereocenters. The van der Waals surface area contributed by atoms with E-state index in [2.05, 4.69) is 10.6 Å². The maximum Gasteiger partial charge on any atom is 0.330 e. The maximum absolute atomic E-state index is 13.3. The summed E-state index contributed by atoms with van der Waals surface area (Å²) in [5.74, 6) is 0. The average Bonchev–Trinajstić information content (AvgIpc) is 2.93. The summed E-state index contributed by atoms with van der Waals surface area (Å²) in [6.45, 7) is 3.40. The van der Waals surface area contributed by atoms with E-state index in [1.54, 1.807) is 4.31 Å². The summed E-state index contributed by atoms with van der Waals surface area (Å²) in [4.78, 5) is 0. The van der Waals surface area contributed by atoms with E-state index in [0.717, 1.165) is 50.3 Å². The summed E-state index contributed by atoms with van der Waals surface area (Å²) in [5, 5.41) is 6.92. The summed E-state index contributed by atoms with van der Waals surface area (Å²) in [6.07, 6.45) is 3.04. The van der Waals surface area contributed by atoms with Crippen LogP contribution in [0.25, 0.3) is 0 Å². The first kappa shape index (κ1) is 23.8. The molecule has 2 N–H and O–H groups in total. The fourth-order valence-corrected chi connectivity index (χ4v) is 5.57. The fourth-order valence-electron chi connectivity index (χ4n) is 3.82. The van der Waals surface area contributed by atoms with Crippen LogP contribution in [0.2, 0.25) is 0 Å². The highest BCUT2D eigenvalue weighted by Crippen LogP contribution is 2.44. The van der Waals surface area contributed by atoms with Gasteiger partial charge in [0.1, 0.15) is 0 Å². The molecular formula is C20H28Cl2N4O2S. The van der Waals surface area contributed by atoms with Gasteiger partial charge in [0.2, 0.25) is 0 Å². The van der Waals surface area contributed by atoms with Crippen LogP contribution in [0, 0.1) is 0 Å². The Morgan fingerprint density at radius 1 is 0.931 bits per heavy atom. The maximum atomic E-state index is 13.3. The minimum atomic E-state index is -3.62. The van der Waals surface area contributed by atoms with Gasteiger partial charge in [-0.15, -0.1) is 24.8 Å². The van der Waals surface area contributed by atoms with Crippen LogP contribution in [-0.4, -0.2) is 40.6 Å². The first-order valence-electron chi connectivity index (χ1n) is 9.59. The van der Waals surface area contributed by atoms with Crippen LogP contribution < -0.4 is 19.2 Å². The van der Waals surface area contributed by atoms with E-state index >= 15 is 0 Å². The van der Waals surface area contributed by atoms with Crippen molar-refractivity contribution < 1.29 is 8.42 Å². The van der Waals surface area contributed by atoms with Gasteiger partial charge in [0.25, 0.3) is 0 Å². The van der Waals surface area contributed by atoms with Gasteiger partial charge in [-0.3, -0.25) is 4.31 Å². The smallest absolute Gasteiger partial charge is 0.317 e. The van der Waals surface area contributed by atoms with Crippen LogP contribution in [0.1, 0.15) is 19.3 Å². The Bertz CT molecular complexity index is 877. The van der Waals surface area contributed by atoms with Gasteiger partial charge in [0.05, 0.1) is 17.1 Å². The van der Waals surface area contributed by atoms with Crippen molar-refractivity contribution in [3.8, 4) is 0 Å². The summed E-state index contributed by atoms with van der Waals surface area (Å²) in [7, 11) is -3.62.